The zero-order chi connectivity index (χ0) is 15.7. The molecule has 0 radical (unpaired) electrons. The van der Waals surface area contributed by atoms with Gasteiger partial charge in [-0.15, -0.1) is 25.6 Å². The maximum atomic E-state index is 12.3. The number of rotatable bonds is 6. The number of benzene rings is 1. The third-order valence-corrected chi connectivity index (χ3v) is 4.65. The minimum atomic E-state index is -4.96. The Labute approximate surface area is 132 Å². The van der Waals surface area contributed by atoms with Crippen LogP contribution in [-0.2, 0) is 10.0 Å². The van der Waals surface area contributed by atoms with Gasteiger partial charge in [0.25, 0.3) is 0 Å². The summed E-state index contributed by atoms with van der Waals surface area (Å²) in [6.07, 6.45) is -3.26. The van der Waals surface area contributed by atoms with Crippen molar-refractivity contribution in [3.8, 4) is 5.75 Å². The van der Waals surface area contributed by atoms with Crippen molar-refractivity contribution in [1.29, 1.82) is 0 Å². The number of hydrogen-bond donors (Lipinski definition) is 2. The highest BCUT2D eigenvalue weighted by Gasteiger charge is 2.36. The number of sulfonamides is 1. The Morgan fingerprint density at radius 2 is 1.91 bits per heavy atom. The number of para-hydroxylation sites is 1. The first-order valence-corrected chi connectivity index (χ1v) is 7.78. The van der Waals surface area contributed by atoms with Crippen LogP contribution in [0.5, 0.6) is 5.75 Å². The molecule has 1 saturated carbocycles. The SMILES string of the molecule is Cl.NCC(NS(=O)(=O)c1ccccc1OC(F)(F)F)C1CC1. The Hall–Kier alpha value is -1.03. The summed E-state index contributed by atoms with van der Waals surface area (Å²) < 4.78 is 67.5. The fraction of sp³-hybridized carbons (Fsp3) is 0.500. The summed E-state index contributed by atoms with van der Waals surface area (Å²) in [5.41, 5.74) is 5.50. The van der Waals surface area contributed by atoms with Crippen LogP contribution in [0.3, 0.4) is 0 Å². The van der Waals surface area contributed by atoms with Crippen molar-refractivity contribution in [2.75, 3.05) is 6.54 Å². The van der Waals surface area contributed by atoms with Gasteiger partial charge in [-0.25, -0.2) is 13.1 Å². The van der Waals surface area contributed by atoms with Crippen LogP contribution in [0, 0.1) is 5.92 Å². The van der Waals surface area contributed by atoms with Crippen molar-refractivity contribution in [2.45, 2.75) is 30.1 Å². The maximum Gasteiger partial charge on any atom is 0.573 e. The predicted molar refractivity (Wildman–Crippen MR) is 76.3 cm³/mol. The topological polar surface area (TPSA) is 81.4 Å². The zero-order valence-corrected chi connectivity index (χ0v) is 13.0. The minimum Gasteiger partial charge on any atom is -0.404 e. The molecule has 0 spiro atoms. The van der Waals surface area contributed by atoms with E-state index < -0.39 is 33.1 Å². The Bertz CT molecular complexity index is 606. The first kappa shape index (κ1) is 19.0. The Kier molecular flexibility index (Phi) is 6.08. The summed E-state index contributed by atoms with van der Waals surface area (Å²) in [5, 5.41) is 0. The number of nitrogens with one attached hydrogen (secondary N) is 1. The van der Waals surface area contributed by atoms with Gasteiger partial charge in [0.15, 0.2) is 0 Å². The number of nitrogens with two attached hydrogens (primary N) is 1. The van der Waals surface area contributed by atoms with Gasteiger partial charge < -0.3 is 10.5 Å². The second-order valence-electron chi connectivity index (χ2n) is 4.80. The molecule has 126 valence electrons. The third kappa shape index (κ3) is 5.01. The summed E-state index contributed by atoms with van der Waals surface area (Å²) in [6.45, 7) is 0.0895. The molecule has 0 heterocycles. The van der Waals surface area contributed by atoms with Crippen LogP contribution < -0.4 is 15.2 Å². The first-order valence-electron chi connectivity index (χ1n) is 6.30. The number of halogens is 4. The van der Waals surface area contributed by atoms with E-state index in [1.54, 1.807) is 0 Å². The van der Waals surface area contributed by atoms with Gasteiger partial charge in [-0.05, 0) is 30.9 Å². The lowest BCUT2D eigenvalue weighted by Gasteiger charge is -2.18. The molecule has 0 aliphatic heterocycles. The van der Waals surface area contributed by atoms with Crippen LogP contribution in [0.2, 0.25) is 0 Å². The van der Waals surface area contributed by atoms with Gasteiger partial charge in [-0.1, -0.05) is 12.1 Å². The average Bonchev–Trinajstić information content (AvgIpc) is 3.18. The van der Waals surface area contributed by atoms with E-state index in [-0.39, 0.29) is 24.9 Å². The van der Waals surface area contributed by atoms with Gasteiger partial charge in [0, 0.05) is 12.6 Å². The average molecular weight is 361 g/mol. The van der Waals surface area contributed by atoms with Gasteiger partial charge in [0.05, 0.1) is 0 Å². The zero-order valence-electron chi connectivity index (χ0n) is 11.3. The van der Waals surface area contributed by atoms with Crippen LogP contribution in [0.15, 0.2) is 29.2 Å². The lowest BCUT2D eigenvalue weighted by molar-refractivity contribution is -0.275. The number of alkyl halides is 3. The van der Waals surface area contributed by atoms with E-state index >= 15 is 0 Å². The van der Waals surface area contributed by atoms with Gasteiger partial charge in [-0.2, -0.15) is 0 Å². The predicted octanol–water partition coefficient (Wildman–Crippen LogP) is 2.02. The molecule has 1 unspecified atom stereocenters. The van der Waals surface area contributed by atoms with Crippen LogP contribution in [0.1, 0.15) is 12.8 Å². The molecular formula is C12H16ClF3N2O3S. The van der Waals surface area contributed by atoms with Gasteiger partial charge in [0.2, 0.25) is 10.0 Å². The van der Waals surface area contributed by atoms with Crippen molar-refractivity contribution in [3.05, 3.63) is 24.3 Å². The third-order valence-electron chi connectivity index (χ3n) is 3.12. The highest BCUT2D eigenvalue weighted by Crippen LogP contribution is 2.34. The normalized spacial score (nSPS) is 16.7. The molecule has 10 heteroatoms. The Morgan fingerprint density at radius 3 is 2.41 bits per heavy atom. The van der Waals surface area contributed by atoms with Crippen molar-refractivity contribution in [3.63, 3.8) is 0 Å². The van der Waals surface area contributed by atoms with E-state index in [0.29, 0.717) is 0 Å². The standard InChI is InChI=1S/C12H15F3N2O3S.ClH/c13-12(14,15)20-10-3-1-2-4-11(10)21(18,19)17-9(7-16)8-5-6-8;/h1-4,8-9,17H,5-7,16H2;1H. The van der Waals surface area contributed by atoms with E-state index in [4.69, 9.17) is 5.73 Å². The fourth-order valence-corrected chi connectivity index (χ4v) is 3.43. The molecule has 1 atom stereocenters. The molecule has 1 aliphatic rings. The smallest absolute Gasteiger partial charge is 0.404 e. The van der Waals surface area contributed by atoms with Crippen LogP contribution in [0.25, 0.3) is 0 Å². The van der Waals surface area contributed by atoms with Gasteiger partial charge in [0.1, 0.15) is 10.6 Å². The van der Waals surface area contributed by atoms with E-state index in [1.165, 1.54) is 12.1 Å². The number of ether oxygens (including phenoxy) is 1. The largest absolute Gasteiger partial charge is 0.573 e. The molecule has 3 N–H and O–H groups in total. The van der Waals surface area contributed by atoms with Crippen LogP contribution >= 0.6 is 12.4 Å². The van der Waals surface area contributed by atoms with Crippen molar-refractivity contribution >= 4 is 22.4 Å². The van der Waals surface area contributed by atoms with Gasteiger partial charge >= 0.3 is 6.36 Å². The highest BCUT2D eigenvalue weighted by molar-refractivity contribution is 7.89. The molecule has 0 bridgehead atoms. The van der Waals surface area contributed by atoms with E-state index in [1.807, 2.05) is 0 Å². The second kappa shape index (κ2) is 7.03. The van der Waals surface area contributed by atoms with Crippen LogP contribution in [-0.4, -0.2) is 27.4 Å². The molecule has 1 fully saturated rings. The summed E-state index contributed by atoms with van der Waals surface area (Å²) in [5.74, 6) is -0.621. The summed E-state index contributed by atoms with van der Waals surface area (Å²) in [6, 6.07) is 4.13. The summed E-state index contributed by atoms with van der Waals surface area (Å²) in [4.78, 5) is -0.554. The minimum absolute atomic E-state index is 0. The molecule has 1 aliphatic carbocycles. The van der Waals surface area contributed by atoms with Crippen molar-refractivity contribution in [2.24, 2.45) is 11.7 Å². The fourth-order valence-electron chi connectivity index (χ4n) is 1.98. The Balaban J connectivity index is 0.00000242. The molecule has 5 nitrogen and oxygen atoms in total. The maximum absolute atomic E-state index is 12.3. The second-order valence-corrected chi connectivity index (χ2v) is 6.48. The molecular weight excluding hydrogens is 345 g/mol. The number of hydrogen-bond acceptors (Lipinski definition) is 4. The summed E-state index contributed by atoms with van der Waals surface area (Å²) in [7, 11) is -4.13. The van der Waals surface area contributed by atoms with Crippen molar-refractivity contribution in [1.82, 2.24) is 4.72 Å². The first-order chi connectivity index (χ1) is 9.73. The molecule has 22 heavy (non-hydrogen) atoms. The van der Waals surface area contributed by atoms with E-state index in [9.17, 15) is 21.6 Å². The molecule has 0 amide bonds. The monoisotopic (exact) mass is 360 g/mol. The molecule has 0 saturated heterocycles. The lowest BCUT2D eigenvalue weighted by atomic mass is 10.2. The molecule has 2 rings (SSSR count). The highest BCUT2D eigenvalue weighted by atomic mass is 35.5. The van der Waals surface area contributed by atoms with E-state index in [2.05, 4.69) is 9.46 Å². The molecule has 1 aromatic carbocycles. The van der Waals surface area contributed by atoms with Crippen LogP contribution in [0.4, 0.5) is 13.2 Å². The summed E-state index contributed by atoms with van der Waals surface area (Å²) >= 11 is 0. The molecule has 0 aromatic heterocycles. The quantitative estimate of drug-likeness (QED) is 0.813. The molecule has 1 aromatic rings. The van der Waals surface area contributed by atoms with E-state index in [0.717, 1.165) is 25.0 Å². The Morgan fingerprint density at radius 1 is 1.32 bits per heavy atom. The van der Waals surface area contributed by atoms with Gasteiger partial charge in [-0.3, -0.25) is 0 Å². The van der Waals surface area contributed by atoms with Crippen molar-refractivity contribution < 1.29 is 26.3 Å². The lowest BCUT2D eigenvalue weighted by Crippen LogP contribution is -2.41.